The average Bonchev–Trinajstić information content (AvgIpc) is 2.90. The maximum atomic E-state index is 12.6. The normalized spacial score (nSPS) is 28.3. The van der Waals surface area contributed by atoms with Gasteiger partial charge in [0.25, 0.3) is 0 Å². The number of aliphatic hydroxyl groups is 1. The number of piperazine rings is 1. The van der Waals surface area contributed by atoms with Gasteiger partial charge < -0.3 is 14.5 Å². The highest BCUT2D eigenvalue weighted by Crippen LogP contribution is 2.32. The monoisotopic (exact) mass is 349 g/mol. The summed E-state index contributed by atoms with van der Waals surface area (Å²) in [5, 5.41) is 14.7. The second-order valence-corrected chi connectivity index (χ2v) is 8.04. The van der Waals surface area contributed by atoms with Gasteiger partial charge in [-0.25, -0.2) is 0 Å². The van der Waals surface area contributed by atoms with Crippen LogP contribution in [0.3, 0.4) is 0 Å². The number of amides is 1. The lowest BCUT2D eigenvalue weighted by molar-refractivity contribution is -0.132. The summed E-state index contributed by atoms with van der Waals surface area (Å²) in [5.74, 6) is 1.61. The zero-order valence-electron chi connectivity index (χ0n) is 15.8. The molecule has 0 spiro atoms. The van der Waals surface area contributed by atoms with Crippen LogP contribution in [-0.2, 0) is 11.2 Å². The van der Waals surface area contributed by atoms with Crippen LogP contribution in [0.5, 0.6) is 0 Å². The van der Waals surface area contributed by atoms with E-state index in [0.29, 0.717) is 6.42 Å². The molecule has 1 amide bonds. The number of carbonyl (C=O) groups excluding carboxylic acids is 1. The predicted octanol–water partition coefficient (Wildman–Crippen LogP) is 1.92. The van der Waals surface area contributed by atoms with Crippen LogP contribution in [0.15, 0.2) is 4.52 Å². The Labute approximate surface area is 150 Å². The van der Waals surface area contributed by atoms with Gasteiger partial charge in [0, 0.05) is 38.3 Å². The zero-order valence-corrected chi connectivity index (χ0v) is 15.8. The van der Waals surface area contributed by atoms with Crippen molar-refractivity contribution in [3.8, 4) is 0 Å². The minimum absolute atomic E-state index is 0.138. The lowest BCUT2D eigenvalue weighted by atomic mass is 9.79. The number of hydrogen-bond donors (Lipinski definition) is 1. The van der Waals surface area contributed by atoms with Gasteiger partial charge in [0.2, 0.25) is 5.91 Å². The van der Waals surface area contributed by atoms with E-state index in [1.165, 1.54) is 0 Å². The summed E-state index contributed by atoms with van der Waals surface area (Å²) in [6.07, 6.45) is 4.40. The number of rotatable bonds is 4. The van der Waals surface area contributed by atoms with E-state index in [1.54, 1.807) is 0 Å². The topological polar surface area (TPSA) is 69.8 Å². The maximum Gasteiger partial charge on any atom is 0.227 e. The lowest BCUT2D eigenvalue weighted by Crippen LogP contribution is -2.54. The molecule has 0 atom stereocenters. The fourth-order valence-electron chi connectivity index (χ4n) is 4.05. The van der Waals surface area contributed by atoms with Crippen molar-refractivity contribution in [1.82, 2.24) is 15.0 Å². The van der Waals surface area contributed by atoms with Crippen molar-refractivity contribution in [2.75, 3.05) is 32.7 Å². The van der Waals surface area contributed by atoms with Crippen LogP contribution < -0.4 is 0 Å². The molecule has 2 aliphatic rings. The Balaban J connectivity index is 1.47. The molecule has 1 aliphatic carbocycles. The highest BCUT2D eigenvalue weighted by molar-refractivity contribution is 5.79. The summed E-state index contributed by atoms with van der Waals surface area (Å²) in [4.78, 5) is 16.8. The predicted molar refractivity (Wildman–Crippen MR) is 95.3 cm³/mol. The number of β-amino-alcohol motifs (C(OH)–C–C–N with tert-alkyl or cyclic N) is 1. The van der Waals surface area contributed by atoms with Crippen molar-refractivity contribution in [3.05, 3.63) is 17.0 Å². The van der Waals surface area contributed by atoms with E-state index >= 15 is 0 Å². The molecular formula is C19H31N3O3. The van der Waals surface area contributed by atoms with Crippen molar-refractivity contribution >= 4 is 5.91 Å². The SMILES string of the molecule is Cc1noc(C)c1CC(=O)N1CCN(CC2(O)CCC(C)CC2)CC1. The van der Waals surface area contributed by atoms with Crippen molar-refractivity contribution in [3.63, 3.8) is 0 Å². The van der Waals surface area contributed by atoms with E-state index in [-0.39, 0.29) is 5.91 Å². The number of nitrogens with zero attached hydrogens (tertiary/aromatic N) is 3. The third-order valence-electron chi connectivity index (χ3n) is 5.96. The Morgan fingerprint density at radius 3 is 2.44 bits per heavy atom. The minimum Gasteiger partial charge on any atom is -0.389 e. The zero-order chi connectivity index (χ0) is 18.0. The molecule has 6 nitrogen and oxygen atoms in total. The Kier molecular flexibility index (Phi) is 5.49. The Morgan fingerprint density at radius 1 is 1.24 bits per heavy atom. The molecule has 0 aromatic carbocycles. The first-order chi connectivity index (χ1) is 11.9. The summed E-state index contributed by atoms with van der Waals surface area (Å²) < 4.78 is 5.15. The summed E-state index contributed by atoms with van der Waals surface area (Å²) >= 11 is 0. The highest BCUT2D eigenvalue weighted by atomic mass is 16.5. The van der Waals surface area contributed by atoms with E-state index in [0.717, 1.165) is 81.3 Å². The van der Waals surface area contributed by atoms with Gasteiger partial charge in [-0.2, -0.15) is 0 Å². The summed E-state index contributed by atoms with van der Waals surface area (Å²) in [6.45, 7) is 9.88. The lowest BCUT2D eigenvalue weighted by Gasteiger charge is -2.42. The molecule has 2 heterocycles. The van der Waals surface area contributed by atoms with Crippen molar-refractivity contribution in [1.29, 1.82) is 0 Å². The van der Waals surface area contributed by atoms with Crippen molar-refractivity contribution < 1.29 is 14.4 Å². The minimum atomic E-state index is -0.532. The smallest absolute Gasteiger partial charge is 0.227 e. The number of aromatic nitrogens is 1. The third-order valence-corrected chi connectivity index (χ3v) is 5.96. The number of aryl methyl sites for hydroxylation is 2. The van der Waals surface area contributed by atoms with E-state index in [4.69, 9.17) is 4.52 Å². The summed E-state index contributed by atoms with van der Waals surface area (Å²) in [7, 11) is 0. The second kappa shape index (κ2) is 7.46. The molecule has 2 fully saturated rings. The molecule has 25 heavy (non-hydrogen) atoms. The van der Waals surface area contributed by atoms with Gasteiger partial charge >= 0.3 is 0 Å². The van der Waals surface area contributed by atoms with Crippen LogP contribution in [0.1, 0.15) is 49.6 Å². The summed E-state index contributed by atoms with van der Waals surface area (Å²) in [5.41, 5.74) is 1.19. The van der Waals surface area contributed by atoms with E-state index in [1.807, 2.05) is 18.7 Å². The van der Waals surface area contributed by atoms with Crippen LogP contribution in [0.4, 0.5) is 0 Å². The Morgan fingerprint density at radius 2 is 1.88 bits per heavy atom. The standard InChI is InChI=1S/C19H31N3O3/c1-14-4-6-19(24,7-5-14)13-21-8-10-22(11-9-21)18(23)12-17-15(2)20-25-16(17)3/h14,24H,4-13H2,1-3H3. The van der Waals surface area contributed by atoms with Gasteiger partial charge in [-0.15, -0.1) is 0 Å². The van der Waals surface area contributed by atoms with E-state index < -0.39 is 5.60 Å². The molecule has 3 rings (SSSR count). The molecule has 1 aliphatic heterocycles. The van der Waals surface area contributed by atoms with Gasteiger partial charge in [-0.1, -0.05) is 12.1 Å². The maximum absolute atomic E-state index is 12.6. The van der Waals surface area contributed by atoms with E-state index in [9.17, 15) is 9.90 Å². The molecule has 1 aromatic heterocycles. The van der Waals surface area contributed by atoms with Gasteiger partial charge in [0.1, 0.15) is 5.76 Å². The molecule has 0 bridgehead atoms. The van der Waals surface area contributed by atoms with Crippen LogP contribution in [0.25, 0.3) is 0 Å². The van der Waals surface area contributed by atoms with Crippen LogP contribution in [0, 0.1) is 19.8 Å². The molecule has 0 unspecified atom stereocenters. The van der Waals surface area contributed by atoms with Gasteiger partial charge in [-0.05, 0) is 45.4 Å². The highest BCUT2D eigenvalue weighted by Gasteiger charge is 2.34. The molecule has 6 heteroatoms. The molecular weight excluding hydrogens is 318 g/mol. The fourth-order valence-corrected chi connectivity index (χ4v) is 4.05. The first kappa shape index (κ1) is 18.4. The van der Waals surface area contributed by atoms with Crippen LogP contribution in [-0.4, -0.2) is 64.3 Å². The number of hydrogen-bond acceptors (Lipinski definition) is 5. The number of carbonyl (C=O) groups is 1. The Hall–Kier alpha value is -1.40. The average molecular weight is 349 g/mol. The summed E-state index contributed by atoms with van der Waals surface area (Å²) in [6, 6.07) is 0. The van der Waals surface area contributed by atoms with Gasteiger partial charge in [0.15, 0.2) is 0 Å². The largest absolute Gasteiger partial charge is 0.389 e. The molecule has 0 radical (unpaired) electrons. The van der Waals surface area contributed by atoms with Gasteiger partial charge in [-0.3, -0.25) is 9.69 Å². The van der Waals surface area contributed by atoms with Crippen molar-refractivity contribution in [2.24, 2.45) is 5.92 Å². The molecule has 1 saturated carbocycles. The molecule has 1 aromatic rings. The molecule has 1 N–H and O–H groups in total. The molecule has 1 saturated heterocycles. The first-order valence-electron chi connectivity index (χ1n) is 9.50. The molecule has 140 valence electrons. The Bertz CT molecular complexity index is 578. The van der Waals surface area contributed by atoms with Gasteiger partial charge in [0.05, 0.1) is 17.7 Å². The third kappa shape index (κ3) is 4.42. The fraction of sp³-hybridized carbons (Fsp3) is 0.789. The van der Waals surface area contributed by atoms with Crippen LogP contribution >= 0.6 is 0 Å². The van der Waals surface area contributed by atoms with E-state index in [2.05, 4.69) is 17.0 Å². The quantitative estimate of drug-likeness (QED) is 0.899. The van der Waals surface area contributed by atoms with Crippen LogP contribution in [0.2, 0.25) is 0 Å². The van der Waals surface area contributed by atoms with Crippen molar-refractivity contribution in [2.45, 2.75) is 58.5 Å². The second-order valence-electron chi connectivity index (χ2n) is 8.04. The first-order valence-corrected chi connectivity index (χ1v) is 9.50.